The van der Waals surface area contributed by atoms with Crippen LogP contribution in [-0.4, -0.2) is 39.4 Å². The smallest absolute Gasteiger partial charge is 0.319 e. The molecule has 2 heterocycles. The summed E-state index contributed by atoms with van der Waals surface area (Å²) in [6.45, 7) is 9.51. The molecule has 0 unspecified atom stereocenters. The van der Waals surface area contributed by atoms with Gasteiger partial charge in [-0.05, 0) is 12.8 Å². The van der Waals surface area contributed by atoms with E-state index in [4.69, 9.17) is 9.05 Å². The highest BCUT2D eigenvalue weighted by Gasteiger charge is 2.30. The number of fused-ring (bicyclic) bond motifs is 2. The molecule has 0 atom stereocenters. The second-order valence-corrected chi connectivity index (χ2v) is 8.66. The Morgan fingerprint density at radius 2 is 1.19 bits per heavy atom. The molecular weight excluding hydrogens is 439 g/mol. The molecule has 0 radical (unpaired) electrons. The second-order valence-electron chi connectivity index (χ2n) is 7.59. The van der Waals surface area contributed by atoms with Crippen molar-refractivity contribution in [3.05, 3.63) is 65.4 Å². The highest BCUT2D eigenvalue weighted by Crippen LogP contribution is 2.31. The van der Waals surface area contributed by atoms with E-state index in [0.29, 0.717) is 50.4 Å². The molecule has 0 saturated heterocycles. The minimum absolute atomic E-state index is 0.154. The fourth-order valence-electron chi connectivity index (χ4n) is 3.84. The predicted molar refractivity (Wildman–Crippen MR) is 123 cm³/mol. The number of nitrogens with zero attached hydrogens (tertiary/aromatic N) is 2. The fraction of sp³-hybridized carbons (Fsp3) is 0.400. The summed E-state index contributed by atoms with van der Waals surface area (Å²) >= 11 is 0. The second kappa shape index (κ2) is 8.85. The summed E-state index contributed by atoms with van der Waals surface area (Å²) in [6.07, 6.45) is 1.36. The van der Waals surface area contributed by atoms with E-state index in [1.165, 1.54) is 0 Å². The van der Waals surface area contributed by atoms with Crippen molar-refractivity contribution in [2.24, 2.45) is 0 Å². The van der Waals surface area contributed by atoms with E-state index in [2.05, 4.69) is 23.8 Å². The highest BCUT2D eigenvalue weighted by atomic mass is 31.1. The Hall–Kier alpha value is -3.01. The Morgan fingerprint density at radius 3 is 1.59 bits per heavy atom. The zero-order valence-electron chi connectivity index (χ0n) is 17.3. The molecule has 2 N–H and O–H groups in total. The Balaban J connectivity index is 1.31. The standard InChI is InChI=1S/C20H23N4O7P/c1-11(23-7-3-5-21-13-15(23)19(27)17(13)25)9-30-32(29)31-10-12(2)24-8-4-6-22-14-16(24)20(28)18(14)26/h21-22,32H,1-10H2. The number of hydrogen-bond donors (Lipinski definition) is 2. The van der Waals surface area contributed by atoms with Gasteiger partial charge in [0, 0.05) is 37.6 Å². The van der Waals surface area contributed by atoms with Crippen LogP contribution in [0, 0.1) is 0 Å². The molecule has 32 heavy (non-hydrogen) atoms. The molecule has 0 aliphatic carbocycles. The average molecular weight is 462 g/mol. The number of nitrogens with one attached hydrogen (secondary N) is 2. The molecule has 0 fully saturated rings. The third kappa shape index (κ3) is 3.83. The van der Waals surface area contributed by atoms with E-state index in [-0.39, 0.29) is 36.0 Å². The van der Waals surface area contributed by atoms with Gasteiger partial charge in [-0.25, -0.2) is 0 Å². The highest BCUT2D eigenvalue weighted by molar-refractivity contribution is 7.33. The molecule has 11 nitrogen and oxygen atoms in total. The van der Waals surface area contributed by atoms with Crippen LogP contribution >= 0.6 is 8.25 Å². The molecule has 2 aromatic carbocycles. The van der Waals surface area contributed by atoms with Gasteiger partial charge in [-0.1, -0.05) is 13.2 Å². The third-order valence-electron chi connectivity index (χ3n) is 5.51. The topological polar surface area (TPSA) is 134 Å². The van der Waals surface area contributed by atoms with Crippen LogP contribution in [0.2, 0.25) is 0 Å². The minimum atomic E-state index is -2.94. The maximum atomic E-state index is 12.2. The van der Waals surface area contributed by atoms with Gasteiger partial charge in [0.1, 0.15) is 22.7 Å². The van der Waals surface area contributed by atoms with Crippen molar-refractivity contribution < 1.29 is 13.6 Å². The zero-order chi connectivity index (χ0) is 23.0. The molecule has 2 aliphatic heterocycles. The average Bonchev–Trinajstić information content (AvgIpc) is 3.13. The van der Waals surface area contributed by atoms with E-state index in [9.17, 15) is 23.7 Å². The quantitative estimate of drug-likeness (QED) is 0.414. The number of anilines is 4. The van der Waals surface area contributed by atoms with E-state index < -0.39 is 30.0 Å². The first kappa shape index (κ1) is 22.2. The molecule has 12 heteroatoms. The van der Waals surface area contributed by atoms with Crippen LogP contribution in [0.3, 0.4) is 0 Å². The van der Waals surface area contributed by atoms with Gasteiger partial charge >= 0.3 is 8.25 Å². The van der Waals surface area contributed by atoms with Crippen LogP contribution in [0.1, 0.15) is 12.8 Å². The Morgan fingerprint density at radius 1 is 0.781 bits per heavy atom. The molecule has 0 saturated carbocycles. The van der Waals surface area contributed by atoms with Crippen molar-refractivity contribution in [3.8, 4) is 0 Å². The van der Waals surface area contributed by atoms with Gasteiger partial charge in [0.25, 0.3) is 21.7 Å². The van der Waals surface area contributed by atoms with Crippen LogP contribution in [0.4, 0.5) is 22.7 Å². The molecule has 2 aromatic rings. The molecular formula is C20H23N4O7P. The summed E-state index contributed by atoms with van der Waals surface area (Å²) < 4.78 is 22.8. The first-order valence-electron chi connectivity index (χ1n) is 10.2. The van der Waals surface area contributed by atoms with Gasteiger partial charge in [-0.3, -0.25) is 23.7 Å². The van der Waals surface area contributed by atoms with Crippen LogP contribution in [0.25, 0.3) is 0 Å². The summed E-state index contributed by atoms with van der Waals surface area (Å²) in [4.78, 5) is 50.4. The SMILES string of the molecule is C=C(CO[PH](=O)OCC(=C)N1CCCNc2c1c(=O)c2=O)N1CCCNc2c1c(=O)c2=O. The largest absolute Gasteiger partial charge is 0.380 e. The summed E-state index contributed by atoms with van der Waals surface area (Å²) in [7, 11) is -2.94. The maximum Gasteiger partial charge on any atom is 0.319 e. The van der Waals surface area contributed by atoms with Crippen LogP contribution in [0.5, 0.6) is 0 Å². The van der Waals surface area contributed by atoms with Crippen molar-refractivity contribution in [1.82, 2.24) is 0 Å². The molecule has 2 aliphatic rings. The lowest BCUT2D eigenvalue weighted by atomic mass is 10.1. The molecule has 0 bridgehead atoms. The lowest BCUT2D eigenvalue weighted by Crippen LogP contribution is -2.41. The van der Waals surface area contributed by atoms with Crippen molar-refractivity contribution in [1.29, 1.82) is 0 Å². The van der Waals surface area contributed by atoms with Crippen LogP contribution in [-0.2, 0) is 13.6 Å². The lowest BCUT2D eigenvalue weighted by Gasteiger charge is -2.27. The van der Waals surface area contributed by atoms with Gasteiger partial charge < -0.3 is 29.5 Å². The number of hydrogen-bond acceptors (Lipinski definition) is 11. The summed E-state index contributed by atoms with van der Waals surface area (Å²) in [6, 6.07) is 0. The van der Waals surface area contributed by atoms with Crippen molar-refractivity contribution in [3.63, 3.8) is 0 Å². The predicted octanol–water partition coefficient (Wildman–Crippen LogP) is 0.273. The Labute approximate surface area is 183 Å². The van der Waals surface area contributed by atoms with Gasteiger partial charge in [-0.2, -0.15) is 0 Å². The Kier molecular flexibility index (Phi) is 6.14. The molecule has 0 amide bonds. The summed E-state index contributed by atoms with van der Waals surface area (Å²) in [5.41, 5.74) is -0.432. The van der Waals surface area contributed by atoms with Gasteiger partial charge in [0.15, 0.2) is 0 Å². The monoisotopic (exact) mass is 462 g/mol. The minimum Gasteiger partial charge on any atom is -0.380 e. The van der Waals surface area contributed by atoms with Crippen molar-refractivity contribution in [2.45, 2.75) is 12.8 Å². The van der Waals surface area contributed by atoms with Crippen molar-refractivity contribution >= 4 is 31.0 Å². The third-order valence-corrected chi connectivity index (χ3v) is 6.27. The van der Waals surface area contributed by atoms with E-state index in [1.54, 1.807) is 9.80 Å². The molecule has 4 rings (SSSR count). The summed E-state index contributed by atoms with van der Waals surface area (Å²) in [5.74, 6) is 0. The lowest BCUT2D eigenvalue weighted by molar-refractivity contribution is 0.250. The molecule has 170 valence electrons. The number of rotatable bonds is 8. The maximum absolute atomic E-state index is 12.2. The first-order valence-corrected chi connectivity index (χ1v) is 11.4. The van der Waals surface area contributed by atoms with E-state index in [1.807, 2.05) is 0 Å². The van der Waals surface area contributed by atoms with Crippen LogP contribution < -0.4 is 42.1 Å². The normalized spacial score (nSPS) is 16.2. The van der Waals surface area contributed by atoms with Gasteiger partial charge in [0.05, 0.1) is 13.2 Å². The summed E-state index contributed by atoms with van der Waals surface area (Å²) in [5, 5.41) is 5.87. The van der Waals surface area contributed by atoms with Gasteiger partial charge in [-0.15, -0.1) is 0 Å². The van der Waals surface area contributed by atoms with E-state index in [0.717, 1.165) is 0 Å². The van der Waals surface area contributed by atoms with Crippen molar-refractivity contribution in [2.75, 3.05) is 59.8 Å². The fourth-order valence-corrected chi connectivity index (χ4v) is 4.49. The van der Waals surface area contributed by atoms with E-state index >= 15 is 0 Å². The van der Waals surface area contributed by atoms with Gasteiger partial charge in [0.2, 0.25) is 0 Å². The molecule has 0 spiro atoms. The zero-order valence-corrected chi connectivity index (χ0v) is 18.3. The first-order chi connectivity index (χ1) is 15.3. The Bertz CT molecular complexity index is 1160. The van der Waals surface area contributed by atoms with Crippen LogP contribution in [0.15, 0.2) is 43.7 Å². The molecule has 0 aromatic heterocycles.